The van der Waals surface area contributed by atoms with E-state index in [1.54, 1.807) is 0 Å². The Morgan fingerprint density at radius 1 is 1.35 bits per heavy atom. The molecule has 5 heteroatoms. The highest BCUT2D eigenvalue weighted by atomic mass is 35.5. The fraction of sp³-hybridized carbons (Fsp3) is 0.611. The van der Waals surface area contributed by atoms with Crippen LogP contribution in [-0.2, 0) is 11.2 Å². The number of hydrogen-bond donors (Lipinski definition) is 2. The predicted molar refractivity (Wildman–Crippen MR) is 96.4 cm³/mol. The Bertz CT molecular complexity index is 476. The second-order valence-electron chi connectivity index (χ2n) is 6.17. The van der Waals surface area contributed by atoms with Crippen molar-refractivity contribution in [2.45, 2.75) is 57.6 Å². The number of aryl methyl sites for hydroxylation is 1. The molecule has 1 aromatic rings. The number of likely N-dealkylation sites (N-methyl/N-ethyl adjacent to an activating group) is 1. The fourth-order valence-corrected chi connectivity index (χ4v) is 2.69. The zero-order valence-corrected chi connectivity index (χ0v) is 15.0. The number of halogens is 1. The molecule has 0 radical (unpaired) electrons. The minimum atomic E-state index is 0. The first kappa shape index (κ1) is 19.8. The van der Waals surface area contributed by atoms with Gasteiger partial charge in [-0.15, -0.1) is 12.4 Å². The largest absolute Gasteiger partial charge is 0.490 e. The molecular formula is C18H29ClN2O2. The number of carbonyl (C=O) groups is 1. The molecule has 0 heterocycles. The van der Waals surface area contributed by atoms with Crippen LogP contribution in [0.25, 0.3) is 0 Å². The van der Waals surface area contributed by atoms with E-state index in [0.717, 1.165) is 30.6 Å². The second kappa shape index (κ2) is 10.5. The molecule has 2 N–H and O–H groups in total. The molecule has 1 aliphatic rings. The van der Waals surface area contributed by atoms with Crippen molar-refractivity contribution in [1.82, 2.24) is 10.6 Å². The van der Waals surface area contributed by atoms with Gasteiger partial charge in [0.2, 0.25) is 5.91 Å². The summed E-state index contributed by atoms with van der Waals surface area (Å²) in [6.45, 7) is 2.71. The molecule has 1 amide bonds. The lowest BCUT2D eigenvalue weighted by Crippen LogP contribution is -2.37. The maximum atomic E-state index is 11.8. The molecule has 1 atom stereocenters. The molecular weight excluding hydrogens is 312 g/mol. The third-order valence-electron chi connectivity index (χ3n) is 4.24. The van der Waals surface area contributed by atoms with Crippen molar-refractivity contribution in [3.63, 3.8) is 0 Å². The monoisotopic (exact) mass is 340 g/mol. The van der Waals surface area contributed by atoms with E-state index in [1.807, 2.05) is 26.1 Å². The SMILES string of the molecule is CNC(C)CNC(=O)CCc1cccc(OC2CCCC2)c1.Cl. The molecule has 1 fully saturated rings. The summed E-state index contributed by atoms with van der Waals surface area (Å²) in [5.74, 6) is 1.04. The van der Waals surface area contributed by atoms with E-state index in [9.17, 15) is 4.79 Å². The zero-order valence-electron chi connectivity index (χ0n) is 14.1. The molecule has 23 heavy (non-hydrogen) atoms. The van der Waals surface area contributed by atoms with Crippen molar-refractivity contribution in [1.29, 1.82) is 0 Å². The third kappa shape index (κ3) is 7.23. The number of nitrogens with one attached hydrogen (secondary N) is 2. The molecule has 0 spiro atoms. The topological polar surface area (TPSA) is 50.4 Å². The van der Waals surface area contributed by atoms with Gasteiger partial charge in [0.15, 0.2) is 0 Å². The van der Waals surface area contributed by atoms with Crippen molar-refractivity contribution in [3.8, 4) is 5.75 Å². The van der Waals surface area contributed by atoms with E-state index in [4.69, 9.17) is 4.74 Å². The maximum absolute atomic E-state index is 11.8. The van der Waals surface area contributed by atoms with Gasteiger partial charge in [-0.05, 0) is 63.8 Å². The Morgan fingerprint density at radius 2 is 2.09 bits per heavy atom. The lowest BCUT2D eigenvalue weighted by atomic mass is 10.1. The van der Waals surface area contributed by atoms with E-state index in [-0.39, 0.29) is 18.3 Å². The Hall–Kier alpha value is -1.26. The Labute approximate surface area is 145 Å². The summed E-state index contributed by atoms with van der Waals surface area (Å²) < 4.78 is 6.01. The van der Waals surface area contributed by atoms with Crippen molar-refractivity contribution < 1.29 is 9.53 Å². The molecule has 130 valence electrons. The molecule has 4 nitrogen and oxygen atoms in total. The molecule has 0 saturated heterocycles. The number of hydrogen-bond acceptors (Lipinski definition) is 3. The van der Waals surface area contributed by atoms with Gasteiger partial charge in [0.05, 0.1) is 6.10 Å². The summed E-state index contributed by atoms with van der Waals surface area (Å²) in [7, 11) is 1.90. The van der Waals surface area contributed by atoms with Gasteiger partial charge in [-0.3, -0.25) is 4.79 Å². The van der Waals surface area contributed by atoms with E-state index in [2.05, 4.69) is 22.8 Å². The van der Waals surface area contributed by atoms with E-state index in [1.165, 1.54) is 12.8 Å². The lowest BCUT2D eigenvalue weighted by Gasteiger charge is -2.14. The zero-order chi connectivity index (χ0) is 15.8. The van der Waals surface area contributed by atoms with E-state index >= 15 is 0 Å². The van der Waals surface area contributed by atoms with Crippen molar-refractivity contribution >= 4 is 18.3 Å². The normalized spacial score (nSPS) is 15.7. The maximum Gasteiger partial charge on any atom is 0.220 e. The van der Waals surface area contributed by atoms with Gasteiger partial charge in [0, 0.05) is 19.0 Å². The summed E-state index contributed by atoms with van der Waals surface area (Å²) in [5.41, 5.74) is 1.16. The number of ether oxygens (including phenoxy) is 1. The van der Waals surface area contributed by atoms with Crippen LogP contribution in [0.5, 0.6) is 5.75 Å². The molecule has 0 aliphatic heterocycles. The summed E-state index contributed by atoms with van der Waals surface area (Å²) in [6, 6.07) is 8.45. The van der Waals surface area contributed by atoms with Crippen LogP contribution in [0.3, 0.4) is 0 Å². The van der Waals surface area contributed by atoms with E-state index < -0.39 is 0 Å². The van der Waals surface area contributed by atoms with Crippen LogP contribution in [0.15, 0.2) is 24.3 Å². The van der Waals surface area contributed by atoms with Crippen LogP contribution in [-0.4, -0.2) is 31.6 Å². The number of amides is 1. The van der Waals surface area contributed by atoms with E-state index in [0.29, 0.717) is 25.1 Å². The standard InChI is InChI=1S/C18H28N2O2.ClH/c1-14(19-2)13-20-18(21)11-10-15-6-5-9-17(12-15)22-16-7-3-4-8-16;/h5-6,9,12,14,16,19H,3-4,7-8,10-11,13H2,1-2H3,(H,20,21);1H. The first-order valence-electron chi connectivity index (χ1n) is 8.37. The van der Waals surface area contributed by atoms with Crippen molar-refractivity contribution in [3.05, 3.63) is 29.8 Å². The highest BCUT2D eigenvalue weighted by Gasteiger charge is 2.16. The molecule has 0 aromatic heterocycles. The smallest absolute Gasteiger partial charge is 0.220 e. The number of benzene rings is 1. The first-order chi connectivity index (χ1) is 10.7. The molecule has 1 unspecified atom stereocenters. The van der Waals surface area contributed by atoms with Gasteiger partial charge in [0.1, 0.15) is 5.75 Å². The van der Waals surface area contributed by atoms with Crippen LogP contribution >= 0.6 is 12.4 Å². The summed E-state index contributed by atoms with van der Waals surface area (Å²) in [4.78, 5) is 11.8. The van der Waals surface area contributed by atoms with Crippen LogP contribution in [0, 0.1) is 0 Å². The Balaban J connectivity index is 0.00000264. The second-order valence-corrected chi connectivity index (χ2v) is 6.17. The van der Waals surface area contributed by atoms with Gasteiger partial charge in [-0.25, -0.2) is 0 Å². The minimum Gasteiger partial charge on any atom is -0.490 e. The Kier molecular flexibility index (Phi) is 9.03. The average molecular weight is 341 g/mol. The molecule has 1 aromatic carbocycles. The number of rotatable bonds is 8. The van der Waals surface area contributed by atoms with Gasteiger partial charge in [-0.1, -0.05) is 12.1 Å². The third-order valence-corrected chi connectivity index (χ3v) is 4.24. The first-order valence-corrected chi connectivity index (χ1v) is 8.37. The molecule has 0 bridgehead atoms. The molecule has 2 rings (SSSR count). The quantitative estimate of drug-likeness (QED) is 0.764. The summed E-state index contributed by atoms with van der Waals surface area (Å²) in [5, 5.41) is 6.05. The average Bonchev–Trinajstić information content (AvgIpc) is 3.04. The minimum absolute atomic E-state index is 0. The highest BCUT2D eigenvalue weighted by molar-refractivity contribution is 5.85. The number of carbonyl (C=O) groups excluding carboxylic acids is 1. The van der Waals surface area contributed by atoms with Crippen LogP contribution < -0.4 is 15.4 Å². The summed E-state index contributed by atoms with van der Waals surface area (Å²) >= 11 is 0. The molecule has 1 saturated carbocycles. The van der Waals surface area contributed by atoms with Crippen LogP contribution in [0.2, 0.25) is 0 Å². The Morgan fingerprint density at radius 3 is 2.78 bits per heavy atom. The van der Waals surface area contributed by atoms with Gasteiger partial charge in [0.25, 0.3) is 0 Å². The van der Waals surface area contributed by atoms with Gasteiger partial charge in [-0.2, -0.15) is 0 Å². The van der Waals surface area contributed by atoms with Crippen molar-refractivity contribution in [2.75, 3.05) is 13.6 Å². The fourth-order valence-electron chi connectivity index (χ4n) is 2.69. The molecule has 1 aliphatic carbocycles. The summed E-state index contributed by atoms with van der Waals surface area (Å²) in [6.07, 6.45) is 6.52. The lowest BCUT2D eigenvalue weighted by molar-refractivity contribution is -0.121. The highest BCUT2D eigenvalue weighted by Crippen LogP contribution is 2.24. The predicted octanol–water partition coefficient (Wildman–Crippen LogP) is 3.09. The van der Waals surface area contributed by atoms with Crippen molar-refractivity contribution in [2.24, 2.45) is 0 Å². The van der Waals surface area contributed by atoms with Crippen LogP contribution in [0.4, 0.5) is 0 Å². The van der Waals surface area contributed by atoms with Gasteiger partial charge >= 0.3 is 0 Å². The van der Waals surface area contributed by atoms with Crippen LogP contribution in [0.1, 0.15) is 44.6 Å². The van der Waals surface area contributed by atoms with Gasteiger partial charge < -0.3 is 15.4 Å².